The van der Waals surface area contributed by atoms with Crippen molar-refractivity contribution in [3.05, 3.63) is 65.7 Å². The van der Waals surface area contributed by atoms with E-state index in [9.17, 15) is 9.90 Å². The molecule has 0 spiro atoms. The summed E-state index contributed by atoms with van der Waals surface area (Å²) in [5.41, 5.74) is 2.82. The molecule has 0 saturated carbocycles. The van der Waals surface area contributed by atoms with E-state index < -0.39 is 6.09 Å². The Morgan fingerprint density at radius 3 is 2.56 bits per heavy atom. The number of amides is 1. The van der Waals surface area contributed by atoms with Gasteiger partial charge in [0.05, 0.1) is 6.10 Å². The third kappa shape index (κ3) is 5.59. The van der Waals surface area contributed by atoms with Gasteiger partial charge in [0.15, 0.2) is 0 Å². The Kier molecular flexibility index (Phi) is 6.04. The minimum atomic E-state index is -0.456. The summed E-state index contributed by atoms with van der Waals surface area (Å²) in [4.78, 5) is 14.3. The van der Waals surface area contributed by atoms with E-state index in [-0.39, 0.29) is 12.7 Å². The van der Waals surface area contributed by atoms with E-state index >= 15 is 0 Å². The number of rotatable bonds is 5. The van der Waals surface area contributed by atoms with Crippen LogP contribution in [0.5, 0.6) is 0 Å². The van der Waals surface area contributed by atoms with E-state index in [1.807, 2.05) is 54.6 Å². The predicted octanol–water partition coefficient (Wildman–Crippen LogP) is 3.39. The Morgan fingerprint density at radius 1 is 1.08 bits per heavy atom. The summed E-state index contributed by atoms with van der Waals surface area (Å²) >= 11 is 0. The summed E-state index contributed by atoms with van der Waals surface area (Å²) in [5, 5.41) is 12.4. The zero-order valence-corrected chi connectivity index (χ0v) is 14.2. The largest absolute Gasteiger partial charge is 0.444 e. The summed E-state index contributed by atoms with van der Waals surface area (Å²) < 4.78 is 5.25. The number of aliphatic hydroxyl groups excluding tert-OH is 1. The van der Waals surface area contributed by atoms with Gasteiger partial charge in [0.1, 0.15) is 6.61 Å². The number of nitrogens with zero attached hydrogens (tertiary/aromatic N) is 1. The highest BCUT2D eigenvalue weighted by Crippen LogP contribution is 2.17. The zero-order valence-electron chi connectivity index (χ0n) is 14.2. The van der Waals surface area contributed by atoms with Crippen molar-refractivity contribution in [3.63, 3.8) is 0 Å². The fraction of sp³-hybridized carbons (Fsp3) is 0.350. The Balaban J connectivity index is 1.50. The second kappa shape index (κ2) is 8.65. The van der Waals surface area contributed by atoms with E-state index in [0.29, 0.717) is 0 Å². The van der Waals surface area contributed by atoms with Gasteiger partial charge in [-0.2, -0.15) is 0 Å². The summed E-state index contributed by atoms with van der Waals surface area (Å²) in [6, 6.07) is 17.4. The Bertz CT molecular complexity index is 682. The monoisotopic (exact) mass is 340 g/mol. The van der Waals surface area contributed by atoms with E-state index in [1.54, 1.807) is 0 Å². The van der Waals surface area contributed by atoms with Gasteiger partial charge in [0.2, 0.25) is 0 Å². The van der Waals surface area contributed by atoms with E-state index in [2.05, 4.69) is 10.2 Å². The van der Waals surface area contributed by atoms with Crippen molar-refractivity contribution in [1.29, 1.82) is 0 Å². The van der Waals surface area contributed by atoms with Crippen LogP contribution in [-0.4, -0.2) is 35.3 Å². The number of carbonyl (C=O) groups excluding carboxylic acids is 1. The van der Waals surface area contributed by atoms with Gasteiger partial charge < -0.3 is 9.84 Å². The molecule has 1 saturated heterocycles. The van der Waals surface area contributed by atoms with Crippen molar-refractivity contribution in [2.75, 3.05) is 18.4 Å². The van der Waals surface area contributed by atoms with E-state index in [0.717, 1.165) is 49.3 Å². The van der Waals surface area contributed by atoms with E-state index in [1.165, 1.54) is 0 Å². The van der Waals surface area contributed by atoms with Gasteiger partial charge in [-0.05, 0) is 36.1 Å². The lowest BCUT2D eigenvalue weighted by molar-refractivity contribution is 0.0792. The molecule has 1 heterocycles. The van der Waals surface area contributed by atoms with Gasteiger partial charge in [-0.15, -0.1) is 0 Å². The highest BCUT2D eigenvalue weighted by molar-refractivity contribution is 5.84. The molecule has 1 fully saturated rings. The second-order valence-corrected chi connectivity index (χ2v) is 6.39. The minimum Gasteiger partial charge on any atom is -0.444 e. The third-order valence-electron chi connectivity index (χ3n) is 4.35. The fourth-order valence-electron chi connectivity index (χ4n) is 2.96. The van der Waals surface area contributed by atoms with Crippen LogP contribution in [0.3, 0.4) is 0 Å². The maximum absolute atomic E-state index is 12.0. The molecule has 1 amide bonds. The van der Waals surface area contributed by atoms with Crippen LogP contribution in [-0.2, 0) is 17.9 Å². The molecule has 0 aromatic heterocycles. The first kappa shape index (κ1) is 17.5. The number of hydrogen-bond acceptors (Lipinski definition) is 4. The van der Waals surface area contributed by atoms with E-state index in [4.69, 9.17) is 4.74 Å². The van der Waals surface area contributed by atoms with Crippen LogP contribution in [0.4, 0.5) is 10.5 Å². The third-order valence-corrected chi connectivity index (χ3v) is 4.35. The normalized spacial score (nSPS) is 15.7. The topological polar surface area (TPSA) is 61.8 Å². The van der Waals surface area contributed by atoms with Crippen LogP contribution in [0.2, 0.25) is 0 Å². The number of aliphatic hydroxyl groups is 1. The van der Waals surface area contributed by atoms with Crippen LogP contribution >= 0.6 is 0 Å². The zero-order chi connectivity index (χ0) is 17.5. The number of piperidine rings is 1. The Labute approximate surface area is 148 Å². The average Bonchev–Trinajstić information content (AvgIpc) is 2.63. The number of benzene rings is 2. The van der Waals surface area contributed by atoms with Crippen molar-refractivity contribution in [3.8, 4) is 0 Å². The molecule has 1 aliphatic heterocycles. The molecule has 5 heteroatoms. The summed E-state index contributed by atoms with van der Waals surface area (Å²) in [6.45, 7) is 2.87. The summed E-state index contributed by atoms with van der Waals surface area (Å²) in [7, 11) is 0. The molecule has 5 nitrogen and oxygen atoms in total. The van der Waals surface area contributed by atoms with Gasteiger partial charge in [0, 0.05) is 25.3 Å². The molecule has 1 aliphatic rings. The molecule has 0 aliphatic carbocycles. The van der Waals surface area contributed by atoms with Crippen LogP contribution in [0.15, 0.2) is 54.6 Å². The quantitative estimate of drug-likeness (QED) is 0.876. The highest BCUT2D eigenvalue weighted by atomic mass is 16.5. The SMILES string of the molecule is O=C(Nc1cccc(CN2CCC(O)CC2)c1)OCc1ccccc1. The smallest absolute Gasteiger partial charge is 0.411 e. The highest BCUT2D eigenvalue weighted by Gasteiger charge is 2.17. The number of likely N-dealkylation sites (tertiary alicyclic amines) is 1. The molecule has 0 atom stereocenters. The maximum Gasteiger partial charge on any atom is 0.411 e. The molecule has 2 aromatic rings. The molecule has 0 unspecified atom stereocenters. The van der Waals surface area contributed by atoms with Crippen molar-refractivity contribution in [1.82, 2.24) is 4.90 Å². The lowest BCUT2D eigenvalue weighted by atomic mass is 10.1. The number of nitrogens with one attached hydrogen (secondary N) is 1. The number of hydrogen-bond donors (Lipinski definition) is 2. The lowest BCUT2D eigenvalue weighted by Gasteiger charge is -2.29. The molecule has 0 bridgehead atoms. The average molecular weight is 340 g/mol. The van der Waals surface area contributed by atoms with Gasteiger partial charge in [-0.25, -0.2) is 4.79 Å². The van der Waals surface area contributed by atoms with Crippen molar-refractivity contribution in [2.45, 2.75) is 32.1 Å². The molecular formula is C20H24N2O3. The number of carbonyl (C=O) groups is 1. The maximum atomic E-state index is 12.0. The first-order valence-electron chi connectivity index (χ1n) is 8.66. The fourth-order valence-corrected chi connectivity index (χ4v) is 2.96. The summed E-state index contributed by atoms with van der Waals surface area (Å²) in [6.07, 6.45) is 1.03. The number of anilines is 1. The summed E-state index contributed by atoms with van der Waals surface area (Å²) in [5.74, 6) is 0. The van der Waals surface area contributed by atoms with Crippen LogP contribution in [0.1, 0.15) is 24.0 Å². The molecule has 0 radical (unpaired) electrons. The first-order valence-corrected chi connectivity index (χ1v) is 8.66. The first-order chi connectivity index (χ1) is 12.2. The minimum absolute atomic E-state index is 0.163. The molecule has 2 N–H and O–H groups in total. The van der Waals surface area contributed by atoms with Gasteiger partial charge >= 0.3 is 6.09 Å². The van der Waals surface area contributed by atoms with Crippen LogP contribution in [0, 0.1) is 0 Å². The molecule has 2 aromatic carbocycles. The van der Waals surface area contributed by atoms with Gasteiger partial charge in [0.25, 0.3) is 0 Å². The Hall–Kier alpha value is -2.37. The van der Waals surface area contributed by atoms with Crippen molar-refractivity contribution >= 4 is 11.8 Å². The standard InChI is InChI=1S/C20H24N2O3/c23-19-9-11-22(12-10-19)14-17-7-4-8-18(13-17)21-20(24)25-15-16-5-2-1-3-6-16/h1-8,13,19,23H,9-12,14-15H2,(H,21,24). The number of ether oxygens (including phenoxy) is 1. The van der Waals surface area contributed by atoms with Gasteiger partial charge in [-0.1, -0.05) is 42.5 Å². The van der Waals surface area contributed by atoms with Crippen LogP contribution in [0.25, 0.3) is 0 Å². The van der Waals surface area contributed by atoms with Crippen molar-refractivity contribution < 1.29 is 14.6 Å². The molecular weight excluding hydrogens is 316 g/mol. The van der Waals surface area contributed by atoms with Crippen LogP contribution < -0.4 is 5.32 Å². The second-order valence-electron chi connectivity index (χ2n) is 6.39. The lowest BCUT2D eigenvalue weighted by Crippen LogP contribution is -2.35. The Morgan fingerprint density at radius 2 is 1.80 bits per heavy atom. The predicted molar refractivity (Wildman–Crippen MR) is 97.2 cm³/mol. The molecule has 132 valence electrons. The molecule has 3 rings (SSSR count). The molecule has 25 heavy (non-hydrogen) atoms. The van der Waals surface area contributed by atoms with Crippen molar-refractivity contribution in [2.24, 2.45) is 0 Å². The van der Waals surface area contributed by atoms with Gasteiger partial charge in [-0.3, -0.25) is 10.2 Å².